The van der Waals surface area contributed by atoms with E-state index in [-0.39, 0.29) is 0 Å². The topological polar surface area (TPSA) is 34.1 Å². The molecular weight excluding hydrogens is 232 g/mol. The minimum atomic E-state index is 0.570. The van der Waals surface area contributed by atoms with Gasteiger partial charge in [-0.1, -0.05) is 12.7 Å². The van der Waals surface area contributed by atoms with Crippen LogP contribution in [0.3, 0.4) is 0 Å². The number of hydrogen-bond acceptors (Lipinski definition) is 3. The summed E-state index contributed by atoms with van der Waals surface area (Å²) in [5.74, 6) is 0.570. The maximum Gasteiger partial charge on any atom is 0.237 e. The van der Waals surface area contributed by atoms with Crippen LogP contribution in [0.5, 0.6) is 5.88 Å². The Morgan fingerprint density at radius 3 is 2.85 bits per heavy atom. The number of anilines is 1. The van der Waals surface area contributed by atoms with E-state index in [4.69, 9.17) is 4.74 Å². The predicted molar refractivity (Wildman–Crippen MR) is 58.1 cm³/mol. The van der Waals surface area contributed by atoms with Crippen molar-refractivity contribution in [2.45, 2.75) is 0 Å². The summed E-state index contributed by atoms with van der Waals surface area (Å²) in [6.07, 6.45) is 3.44. The highest BCUT2D eigenvalue weighted by Gasteiger charge is 2.09. The lowest BCUT2D eigenvalue weighted by atomic mass is 10.2. The molecule has 0 aliphatic carbocycles. The van der Waals surface area contributed by atoms with Crippen molar-refractivity contribution in [3.8, 4) is 5.88 Å². The zero-order valence-electron chi connectivity index (χ0n) is 7.60. The molecule has 1 N–H and O–H groups in total. The molecule has 0 aliphatic rings. The van der Waals surface area contributed by atoms with Crippen LogP contribution >= 0.6 is 15.9 Å². The smallest absolute Gasteiger partial charge is 0.237 e. The van der Waals surface area contributed by atoms with Gasteiger partial charge in [0, 0.05) is 23.3 Å². The summed E-state index contributed by atoms with van der Waals surface area (Å²) in [6.45, 7) is 3.72. The second-order valence-electron chi connectivity index (χ2n) is 2.36. The first-order valence-electron chi connectivity index (χ1n) is 3.77. The zero-order chi connectivity index (χ0) is 9.84. The van der Waals surface area contributed by atoms with E-state index in [1.165, 1.54) is 0 Å². The van der Waals surface area contributed by atoms with Gasteiger partial charge in [-0.3, -0.25) is 0 Å². The van der Waals surface area contributed by atoms with Crippen LogP contribution in [0.15, 0.2) is 17.2 Å². The van der Waals surface area contributed by atoms with Crippen molar-refractivity contribution in [3.05, 3.63) is 22.8 Å². The summed E-state index contributed by atoms with van der Waals surface area (Å²) in [7, 11) is 3.41. The number of nitrogens with zero attached hydrogens (tertiary/aromatic N) is 1. The molecule has 70 valence electrons. The van der Waals surface area contributed by atoms with Crippen LogP contribution in [0.1, 0.15) is 5.56 Å². The molecule has 1 aromatic rings. The number of hydrogen-bond donors (Lipinski definition) is 1. The Labute approximate surface area is 86.0 Å². The van der Waals surface area contributed by atoms with E-state index in [2.05, 4.69) is 32.8 Å². The minimum absolute atomic E-state index is 0.570. The van der Waals surface area contributed by atoms with Gasteiger partial charge < -0.3 is 10.1 Å². The normalized spacial score (nSPS) is 9.46. The van der Waals surface area contributed by atoms with E-state index in [1.54, 1.807) is 19.4 Å². The third-order valence-corrected chi connectivity index (χ3v) is 2.32. The first-order valence-corrected chi connectivity index (χ1v) is 4.56. The first-order chi connectivity index (χ1) is 6.24. The molecule has 0 spiro atoms. The highest BCUT2D eigenvalue weighted by atomic mass is 79.9. The van der Waals surface area contributed by atoms with Gasteiger partial charge in [0.1, 0.15) is 5.69 Å². The summed E-state index contributed by atoms with van der Waals surface area (Å²) >= 11 is 3.38. The maximum absolute atomic E-state index is 5.09. The van der Waals surface area contributed by atoms with Crippen molar-refractivity contribution in [1.29, 1.82) is 0 Å². The molecule has 0 amide bonds. The monoisotopic (exact) mass is 242 g/mol. The van der Waals surface area contributed by atoms with Gasteiger partial charge in [0.15, 0.2) is 0 Å². The molecule has 1 heterocycles. The van der Waals surface area contributed by atoms with Crippen molar-refractivity contribution in [3.63, 3.8) is 0 Å². The fraction of sp³-hybridized carbons (Fsp3) is 0.222. The summed E-state index contributed by atoms with van der Waals surface area (Å²) in [4.78, 5) is 4.10. The molecule has 0 unspecified atom stereocenters. The lowest BCUT2D eigenvalue weighted by Crippen LogP contribution is -1.99. The van der Waals surface area contributed by atoms with E-state index in [0.29, 0.717) is 5.88 Å². The van der Waals surface area contributed by atoms with Gasteiger partial charge in [-0.15, -0.1) is 0 Å². The van der Waals surface area contributed by atoms with Gasteiger partial charge >= 0.3 is 0 Å². The SMILES string of the molecule is C=Cc1c(Br)cnc(OC)c1NC. The lowest BCUT2D eigenvalue weighted by molar-refractivity contribution is 0.399. The van der Waals surface area contributed by atoms with Gasteiger partial charge in [-0.05, 0) is 15.9 Å². The summed E-state index contributed by atoms with van der Waals surface area (Å²) < 4.78 is 5.99. The quantitative estimate of drug-likeness (QED) is 0.885. The number of ether oxygens (including phenoxy) is 1. The van der Waals surface area contributed by atoms with Crippen LogP contribution in [0.2, 0.25) is 0 Å². The molecule has 0 aromatic carbocycles. The predicted octanol–water partition coefficient (Wildman–Crippen LogP) is 2.54. The van der Waals surface area contributed by atoms with Crippen molar-refractivity contribution >= 4 is 27.7 Å². The zero-order valence-corrected chi connectivity index (χ0v) is 9.18. The largest absolute Gasteiger partial charge is 0.480 e. The van der Waals surface area contributed by atoms with Gasteiger partial charge in [-0.25, -0.2) is 4.98 Å². The highest BCUT2D eigenvalue weighted by Crippen LogP contribution is 2.31. The molecule has 0 radical (unpaired) electrons. The number of pyridine rings is 1. The van der Waals surface area contributed by atoms with Crippen molar-refractivity contribution in [2.75, 3.05) is 19.5 Å². The number of nitrogens with one attached hydrogen (secondary N) is 1. The van der Waals surface area contributed by atoms with Crippen LogP contribution in [0, 0.1) is 0 Å². The van der Waals surface area contributed by atoms with Crippen LogP contribution in [0.25, 0.3) is 6.08 Å². The van der Waals surface area contributed by atoms with Gasteiger partial charge in [0.05, 0.1) is 7.11 Å². The third-order valence-electron chi connectivity index (χ3n) is 1.68. The summed E-state index contributed by atoms with van der Waals surface area (Å²) in [5.41, 5.74) is 1.79. The highest BCUT2D eigenvalue weighted by molar-refractivity contribution is 9.10. The molecule has 3 nitrogen and oxygen atoms in total. The Bertz CT molecular complexity index is 326. The Morgan fingerprint density at radius 2 is 2.38 bits per heavy atom. The fourth-order valence-corrected chi connectivity index (χ4v) is 1.54. The number of methoxy groups -OCH3 is 1. The van der Waals surface area contributed by atoms with Crippen molar-refractivity contribution < 1.29 is 4.74 Å². The fourth-order valence-electron chi connectivity index (χ4n) is 1.08. The van der Waals surface area contributed by atoms with E-state index >= 15 is 0 Å². The number of aromatic nitrogens is 1. The molecule has 0 atom stereocenters. The maximum atomic E-state index is 5.09. The van der Waals surface area contributed by atoms with Gasteiger partial charge in [0.25, 0.3) is 0 Å². The van der Waals surface area contributed by atoms with Gasteiger partial charge in [0.2, 0.25) is 5.88 Å². The van der Waals surface area contributed by atoms with E-state index in [1.807, 2.05) is 7.05 Å². The lowest BCUT2D eigenvalue weighted by Gasteiger charge is -2.10. The molecule has 1 rings (SSSR count). The van der Waals surface area contributed by atoms with E-state index < -0.39 is 0 Å². The molecule has 0 saturated carbocycles. The Morgan fingerprint density at radius 1 is 1.69 bits per heavy atom. The molecule has 4 heteroatoms. The standard InChI is InChI=1S/C9H11BrN2O/c1-4-6-7(10)5-12-9(13-3)8(6)11-2/h4-5,11H,1H2,2-3H3. The minimum Gasteiger partial charge on any atom is -0.480 e. The van der Waals surface area contributed by atoms with Gasteiger partial charge in [-0.2, -0.15) is 0 Å². The molecule has 0 saturated heterocycles. The van der Waals surface area contributed by atoms with Crippen LogP contribution in [-0.2, 0) is 0 Å². The average Bonchev–Trinajstić information content (AvgIpc) is 2.17. The Balaban J connectivity index is 3.36. The van der Waals surface area contributed by atoms with Crippen LogP contribution in [0.4, 0.5) is 5.69 Å². The van der Waals surface area contributed by atoms with Crippen LogP contribution in [-0.4, -0.2) is 19.1 Å². The van der Waals surface area contributed by atoms with E-state index in [0.717, 1.165) is 15.7 Å². The average molecular weight is 243 g/mol. The van der Waals surface area contributed by atoms with Crippen molar-refractivity contribution in [1.82, 2.24) is 4.98 Å². The molecule has 13 heavy (non-hydrogen) atoms. The number of halogens is 1. The summed E-state index contributed by atoms with van der Waals surface area (Å²) in [5, 5.41) is 3.02. The van der Waals surface area contributed by atoms with E-state index in [9.17, 15) is 0 Å². The molecule has 0 bridgehead atoms. The second kappa shape index (κ2) is 4.28. The van der Waals surface area contributed by atoms with Crippen LogP contribution < -0.4 is 10.1 Å². The first kappa shape index (κ1) is 10.1. The Hall–Kier alpha value is -1.03. The number of rotatable bonds is 3. The summed E-state index contributed by atoms with van der Waals surface area (Å²) in [6, 6.07) is 0. The molecular formula is C9H11BrN2O. The molecule has 1 aromatic heterocycles. The second-order valence-corrected chi connectivity index (χ2v) is 3.21. The Kier molecular flexibility index (Phi) is 3.31. The molecule has 0 aliphatic heterocycles. The third kappa shape index (κ3) is 1.83. The van der Waals surface area contributed by atoms with Crippen molar-refractivity contribution in [2.24, 2.45) is 0 Å². The molecule has 0 fully saturated rings.